The lowest BCUT2D eigenvalue weighted by atomic mass is 10.3. The fraction of sp³-hybridized carbons (Fsp3) is 0.818. The van der Waals surface area contributed by atoms with Crippen molar-refractivity contribution in [3.8, 4) is 0 Å². The molecule has 1 amide bonds. The van der Waals surface area contributed by atoms with Crippen LogP contribution in [0.4, 0.5) is 0 Å². The van der Waals surface area contributed by atoms with E-state index in [1.807, 2.05) is 0 Å². The van der Waals surface area contributed by atoms with E-state index in [2.05, 4.69) is 14.2 Å². The highest BCUT2D eigenvalue weighted by molar-refractivity contribution is 7.87. The van der Waals surface area contributed by atoms with Gasteiger partial charge in [0.25, 0.3) is 10.1 Å². The van der Waals surface area contributed by atoms with Crippen molar-refractivity contribution in [1.82, 2.24) is 9.80 Å². The molecule has 1 heterocycles. The number of oxime groups is 1. The summed E-state index contributed by atoms with van der Waals surface area (Å²) in [6, 6.07) is 0. The van der Waals surface area contributed by atoms with Crippen LogP contribution in [0.25, 0.3) is 0 Å². The molecule has 0 aliphatic carbocycles. The summed E-state index contributed by atoms with van der Waals surface area (Å²) in [6.45, 7) is 5.41. The molecule has 1 aliphatic rings. The zero-order valence-corrected chi connectivity index (χ0v) is 12.6. The van der Waals surface area contributed by atoms with Gasteiger partial charge in [-0.3, -0.25) is 13.9 Å². The Morgan fingerprint density at radius 3 is 2.50 bits per heavy atom. The van der Waals surface area contributed by atoms with Crippen LogP contribution in [0.5, 0.6) is 0 Å². The van der Waals surface area contributed by atoms with Gasteiger partial charge in [0.15, 0.2) is 5.75 Å². The monoisotopic (exact) mass is 307 g/mol. The van der Waals surface area contributed by atoms with Crippen molar-refractivity contribution in [2.24, 2.45) is 5.16 Å². The molecule has 0 unspecified atom stereocenters. The predicted octanol–water partition coefficient (Wildman–Crippen LogP) is -0.871. The predicted molar refractivity (Wildman–Crippen MR) is 73.9 cm³/mol. The van der Waals surface area contributed by atoms with Crippen LogP contribution < -0.4 is 0 Å². The van der Waals surface area contributed by atoms with E-state index in [0.29, 0.717) is 32.8 Å². The topological polar surface area (TPSA) is 88.5 Å². The summed E-state index contributed by atoms with van der Waals surface area (Å²) in [4.78, 5) is 20.5. The zero-order chi connectivity index (χ0) is 15.0. The van der Waals surface area contributed by atoms with Crippen molar-refractivity contribution in [2.75, 3.05) is 52.2 Å². The minimum Gasteiger partial charge on any atom is -0.395 e. The number of carbonyl (C=O) groups is 1. The van der Waals surface area contributed by atoms with E-state index < -0.39 is 21.8 Å². The summed E-state index contributed by atoms with van der Waals surface area (Å²) in [6.07, 6.45) is 1.58. The fourth-order valence-electron chi connectivity index (χ4n) is 1.82. The lowest BCUT2D eigenvalue weighted by Crippen LogP contribution is -2.50. The summed E-state index contributed by atoms with van der Waals surface area (Å²) in [5, 5.41) is 3.65. The van der Waals surface area contributed by atoms with Crippen molar-refractivity contribution in [2.45, 2.75) is 6.92 Å². The minimum absolute atomic E-state index is 0.418. The van der Waals surface area contributed by atoms with Gasteiger partial charge in [0.2, 0.25) is 5.91 Å². The van der Waals surface area contributed by atoms with E-state index in [9.17, 15) is 13.2 Å². The second kappa shape index (κ2) is 8.18. The molecule has 0 aromatic heterocycles. The second-order valence-corrected chi connectivity index (χ2v) is 6.03. The Morgan fingerprint density at radius 1 is 1.30 bits per heavy atom. The van der Waals surface area contributed by atoms with Crippen molar-refractivity contribution in [3.63, 3.8) is 0 Å². The Bertz CT molecular complexity index is 429. The van der Waals surface area contributed by atoms with Gasteiger partial charge in [-0.1, -0.05) is 5.16 Å². The number of amides is 1. The molecule has 0 spiro atoms. The lowest BCUT2D eigenvalue weighted by Gasteiger charge is -2.34. The largest absolute Gasteiger partial charge is 0.395 e. The van der Waals surface area contributed by atoms with Crippen molar-refractivity contribution < 1.29 is 22.2 Å². The smallest absolute Gasteiger partial charge is 0.276 e. The van der Waals surface area contributed by atoms with E-state index in [1.165, 1.54) is 4.90 Å². The molecular weight excluding hydrogens is 286 g/mol. The Labute approximate surface area is 119 Å². The maximum Gasteiger partial charge on any atom is 0.276 e. The number of nitrogens with zero attached hydrogens (tertiary/aromatic N) is 3. The van der Waals surface area contributed by atoms with Crippen LogP contribution in [0.2, 0.25) is 0 Å². The first kappa shape index (κ1) is 16.9. The Morgan fingerprint density at radius 2 is 1.95 bits per heavy atom. The summed E-state index contributed by atoms with van der Waals surface area (Å²) >= 11 is 0. The molecule has 0 atom stereocenters. The molecule has 0 aromatic rings. The molecule has 0 radical (unpaired) electrons. The summed E-state index contributed by atoms with van der Waals surface area (Å²) < 4.78 is 26.7. The van der Waals surface area contributed by atoms with Crippen LogP contribution >= 0.6 is 0 Å². The second-order valence-electron chi connectivity index (χ2n) is 4.29. The van der Waals surface area contributed by atoms with E-state index in [4.69, 9.17) is 4.84 Å². The van der Waals surface area contributed by atoms with Crippen LogP contribution in [0.1, 0.15) is 6.92 Å². The molecule has 8 nitrogen and oxygen atoms in total. The highest BCUT2D eigenvalue weighted by atomic mass is 32.2. The third-order valence-corrected chi connectivity index (χ3v) is 4.07. The summed E-state index contributed by atoms with van der Waals surface area (Å²) in [5.41, 5.74) is 0. The zero-order valence-electron chi connectivity index (χ0n) is 11.8. The molecule has 0 aromatic carbocycles. The van der Waals surface area contributed by atoms with E-state index in [1.54, 1.807) is 13.1 Å². The molecule has 0 bridgehead atoms. The van der Waals surface area contributed by atoms with Gasteiger partial charge in [-0.2, -0.15) is 8.42 Å². The van der Waals surface area contributed by atoms with E-state index >= 15 is 0 Å². The highest BCUT2D eigenvalue weighted by Gasteiger charge is 2.25. The van der Waals surface area contributed by atoms with Crippen molar-refractivity contribution in [3.05, 3.63) is 0 Å². The van der Waals surface area contributed by atoms with E-state index in [-0.39, 0.29) is 0 Å². The number of hydrogen-bond donors (Lipinski definition) is 0. The summed E-state index contributed by atoms with van der Waals surface area (Å²) in [5.74, 6) is -1.02. The van der Waals surface area contributed by atoms with Crippen LogP contribution in [-0.2, 0) is 23.9 Å². The standard InChI is InChI=1S/C11H21N3O5S/c1-3-12-19-9-8-13-4-6-14(7-5-13)11(15)10-20(16,17)18-2/h3H,4-10H2,1-2H3/b12-3+. The van der Waals surface area contributed by atoms with Gasteiger partial charge in [0, 0.05) is 38.9 Å². The Kier molecular flexibility index (Phi) is 6.89. The molecule has 9 heteroatoms. The molecule has 116 valence electrons. The van der Waals surface area contributed by atoms with Crippen LogP contribution in [0, 0.1) is 0 Å². The first-order chi connectivity index (χ1) is 9.48. The number of hydrogen-bond acceptors (Lipinski definition) is 7. The molecular formula is C11H21N3O5S. The van der Waals surface area contributed by atoms with Gasteiger partial charge < -0.3 is 9.74 Å². The molecule has 1 fully saturated rings. The Hall–Kier alpha value is -1.19. The first-order valence-corrected chi connectivity index (χ1v) is 7.94. The fourth-order valence-corrected chi connectivity index (χ4v) is 2.42. The van der Waals surface area contributed by atoms with Crippen LogP contribution in [0.3, 0.4) is 0 Å². The van der Waals surface area contributed by atoms with Crippen LogP contribution in [-0.4, -0.2) is 82.5 Å². The number of carbonyl (C=O) groups excluding carboxylic acids is 1. The average Bonchev–Trinajstić information content (AvgIpc) is 2.44. The van der Waals surface area contributed by atoms with Gasteiger partial charge in [0.1, 0.15) is 6.61 Å². The quantitative estimate of drug-likeness (QED) is 0.263. The molecule has 20 heavy (non-hydrogen) atoms. The van der Waals surface area contributed by atoms with E-state index in [0.717, 1.165) is 13.7 Å². The maximum atomic E-state index is 11.8. The van der Waals surface area contributed by atoms with Gasteiger partial charge in [0.05, 0.1) is 7.11 Å². The lowest BCUT2D eigenvalue weighted by molar-refractivity contribution is -0.130. The van der Waals surface area contributed by atoms with Crippen molar-refractivity contribution in [1.29, 1.82) is 0 Å². The first-order valence-electron chi connectivity index (χ1n) is 6.37. The van der Waals surface area contributed by atoms with Gasteiger partial charge >= 0.3 is 0 Å². The van der Waals surface area contributed by atoms with Crippen LogP contribution in [0.15, 0.2) is 5.16 Å². The van der Waals surface area contributed by atoms with Gasteiger partial charge in [-0.25, -0.2) is 0 Å². The minimum atomic E-state index is -3.74. The van der Waals surface area contributed by atoms with Gasteiger partial charge in [-0.05, 0) is 6.92 Å². The maximum absolute atomic E-state index is 11.8. The number of rotatable bonds is 7. The third kappa shape index (κ3) is 5.85. The summed E-state index contributed by atoms with van der Waals surface area (Å²) in [7, 11) is -2.69. The molecule has 1 saturated heterocycles. The molecule has 1 rings (SSSR count). The van der Waals surface area contributed by atoms with Crippen molar-refractivity contribution >= 4 is 22.2 Å². The molecule has 1 aliphatic heterocycles. The Balaban J connectivity index is 2.29. The normalized spacial score (nSPS) is 17.6. The van der Waals surface area contributed by atoms with Gasteiger partial charge in [-0.15, -0.1) is 0 Å². The highest BCUT2D eigenvalue weighted by Crippen LogP contribution is 2.04. The SMILES string of the molecule is C/C=N/OCCN1CCN(C(=O)CS(=O)(=O)OC)CC1. The number of piperazine rings is 1. The molecule has 0 saturated carbocycles. The average molecular weight is 307 g/mol. The molecule has 0 N–H and O–H groups in total. The third-order valence-electron chi connectivity index (χ3n) is 2.96.